The van der Waals surface area contributed by atoms with Crippen LogP contribution in [0.1, 0.15) is 11.1 Å². The van der Waals surface area contributed by atoms with Crippen LogP contribution in [0.5, 0.6) is 11.5 Å². The first-order valence-electron chi connectivity index (χ1n) is 9.06. The number of urea groups is 1. The van der Waals surface area contributed by atoms with Gasteiger partial charge in [0, 0.05) is 43.7 Å². The molecule has 0 aliphatic carbocycles. The Labute approximate surface area is 167 Å². The van der Waals surface area contributed by atoms with E-state index in [-0.39, 0.29) is 6.03 Å². The summed E-state index contributed by atoms with van der Waals surface area (Å²) in [4.78, 5) is 16.7. The van der Waals surface area contributed by atoms with Crippen molar-refractivity contribution in [2.24, 2.45) is 0 Å². The minimum Gasteiger partial charge on any atom is -0.454 e. The number of amides is 2. The van der Waals surface area contributed by atoms with Gasteiger partial charge in [0.15, 0.2) is 11.5 Å². The number of rotatable bonds is 4. The number of benzene rings is 2. The van der Waals surface area contributed by atoms with Crippen LogP contribution in [0.3, 0.4) is 0 Å². The highest BCUT2D eigenvalue weighted by atomic mass is 79.9. The Bertz CT molecular complexity index is 822. The number of carbonyl (C=O) groups excluding carboxylic acids is 1. The normalized spacial score (nSPS) is 16.4. The number of piperazine rings is 1. The van der Waals surface area contributed by atoms with E-state index in [0.717, 1.165) is 54.3 Å². The van der Waals surface area contributed by atoms with E-state index in [4.69, 9.17) is 9.47 Å². The van der Waals surface area contributed by atoms with Crippen LogP contribution >= 0.6 is 15.9 Å². The van der Waals surface area contributed by atoms with Crippen molar-refractivity contribution in [3.63, 3.8) is 0 Å². The van der Waals surface area contributed by atoms with Crippen LogP contribution in [0.15, 0.2) is 46.9 Å². The van der Waals surface area contributed by atoms with E-state index < -0.39 is 0 Å². The van der Waals surface area contributed by atoms with Crippen LogP contribution in [-0.2, 0) is 13.1 Å². The molecule has 7 heteroatoms. The molecule has 2 heterocycles. The summed E-state index contributed by atoms with van der Waals surface area (Å²) in [7, 11) is 0. The predicted octanol–water partition coefficient (Wildman–Crippen LogP) is 3.21. The van der Waals surface area contributed by atoms with Gasteiger partial charge in [0.1, 0.15) is 0 Å². The minimum absolute atomic E-state index is 0.00603. The van der Waals surface area contributed by atoms with Crippen LogP contribution in [0.4, 0.5) is 4.79 Å². The molecule has 4 rings (SSSR count). The van der Waals surface area contributed by atoms with Crippen LogP contribution in [0.25, 0.3) is 0 Å². The van der Waals surface area contributed by atoms with E-state index in [1.165, 1.54) is 5.56 Å². The molecular weight excluding hydrogens is 410 g/mol. The molecular formula is C20H22BrN3O3. The topological polar surface area (TPSA) is 54.0 Å². The fourth-order valence-electron chi connectivity index (χ4n) is 3.33. The Morgan fingerprint density at radius 2 is 1.81 bits per heavy atom. The van der Waals surface area contributed by atoms with Crippen molar-refractivity contribution in [3.05, 3.63) is 58.1 Å². The lowest BCUT2D eigenvalue weighted by Gasteiger charge is -2.34. The van der Waals surface area contributed by atoms with Gasteiger partial charge in [-0.1, -0.05) is 40.2 Å². The first kappa shape index (κ1) is 18.1. The van der Waals surface area contributed by atoms with Crippen molar-refractivity contribution in [1.29, 1.82) is 0 Å². The van der Waals surface area contributed by atoms with Crippen molar-refractivity contribution in [3.8, 4) is 11.5 Å². The zero-order chi connectivity index (χ0) is 18.6. The van der Waals surface area contributed by atoms with Gasteiger partial charge in [-0.15, -0.1) is 0 Å². The lowest BCUT2D eigenvalue weighted by molar-refractivity contribution is 0.135. The number of hydrogen-bond acceptors (Lipinski definition) is 4. The monoisotopic (exact) mass is 431 g/mol. The molecule has 0 saturated carbocycles. The first-order chi connectivity index (χ1) is 13.2. The van der Waals surface area contributed by atoms with Gasteiger partial charge in [0.05, 0.1) is 0 Å². The number of fused-ring (bicyclic) bond motifs is 1. The zero-order valence-electron chi connectivity index (χ0n) is 15.0. The van der Waals surface area contributed by atoms with Gasteiger partial charge in [-0.05, 0) is 29.3 Å². The molecule has 0 aromatic heterocycles. The predicted molar refractivity (Wildman–Crippen MR) is 106 cm³/mol. The second-order valence-electron chi connectivity index (χ2n) is 6.70. The smallest absolute Gasteiger partial charge is 0.317 e. The van der Waals surface area contributed by atoms with Gasteiger partial charge in [-0.25, -0.2) is 4.79 Å². The lowest BCUT2D eigenvalue weighted by Crippen LogP contribution is -2.51. The highest BCUT2D eigenvalue weighted by Crippen LogP contribution is 2.32. The van der Waals surface area contributed by atoms with Gasteiger partial charge in [-0.2, -0.15) is 0 Å². The molecule has 2 aliphatic rings. The molecule has 0 bridgehead atoms. The van der Waals surface area contributed by atoms with E-state index in [1.54, 1.807) is 0 Å². The van der Waals surface area contributed by atoms with E-state index in [9.17, 15) is 4.79 Å². The van der Waals surface area contributed by atoms with Crippen molar-refractivity contribution < 1.29 is 14.3 Å². The third-order valence-corrected chi connectivity index (χ3v) is 5.66. The van der Waals surface area contributed by atoms with Crippen LogP contribution in [0, 0.1) is 0 Å². The summed E-state index contributed by atoms with van der Waals surface area (Å²) in [5, 5.41) is 3.01. The van der Waals surface area contributed by atoms with Crippen molar-refractivity contribution in [2.75, 3.05) is 33.0 Å². The second kappa shape index (κ2) is 8.19. The Kier molecular flexibility index (Phi) is 5.50. The quantitative estimate of drug-likeness (QED) is 0.807. The molecule has 0 radical (unpaired) electrons. The molecule has 6 nitrogen and oxygen atoms in total. The molecule has 142 valence electrons. The summed E-state index contributed by atoms with van der Waals surface area (Å²) in [6, 6.07) is 14.0. The van der Waals surface area contributed by atoms with E-state index in [2.05, 4.69) is 32.2 Å². The van der Waals surface area contributed by atoms with Gasteiger partial charge in [0.2, 0.25) is 6.79 Å². The minimum atomic E-state index is -0.00603. The van der Waals surface area contributed by atoms with Crippen LogP contribution in [-0.4, -0.2) is 48.8 Å². The summed E-state index contributed by atoms with van der Waals surface area (Å²) in [5.74, 6) is 1.63. The highest BCUT2D eigenvalue weighted by molar-refractivity contribution is 9.10. The molecule has 1 fully saturated rings. The molecule has 0 unspecified atom stereocenters. The second-order valence-corrected chi connectivity index (χ2v) is 7.56. The van der Waals surface area contributed by atoms with Gasteiger partial charge in [-0.3, -0.25) is 4.90 Å². The summed E-state index contributed by atoms with van der Waals surface area (Å²) in [5.41, 5.74) is 2.28. The number of carbonyl (C=O) groups is 1. The van der Waals surface area contributed by atoms with Gasteiger partial charge in [0.25, 0.3) is 0 Å². The third kappa shape index (κ3) is 4.36. The lowest BCUT2D eigenvalue weighted by atomic mass is 10.1. The average molecular weight is 432 g/mol. The fourth-order valence-corrected chi connectivity index (χ4v) is 3.76. The number of halogens is 1. The molecule has 0 atom stereocenters. The molecule has 2 amide bonds. The highest BCUT2D eigenvalue weighted by Gasteiger charge is 2.22. The molecule has 1 N–H and O–H groups in total. The van der Waals surface area contributed by atoms with E-state index in [0.29, 0.717) is 13.3 Å². The molecule has 2 aromatic rings. The summed E-state index contributed by atoms with van der Waals surface area (Å²) >= 11 is 3.51. The fraction of sp³-hybridized carbons (Fsp3) is 0.350. The average Bonchev–Trinajstić information content (AvgIpc) is 3.15. The van der Waals surface area contributed by atoms with E-state index in [1.807, 2.05) is 41.3 Å². The molecule has 1 saturated heterocycles. The van der Waals surface area contributed by atoms with Crippen molar-refractivity contribution >= 4 is 22.0 Å². The largest absolute Gasteiger partial charge is 0.454 e. The Morgan fingerprint density at radius 1 is 1.04 bits per heavy atom. The Balaban J connectivity index is 1.25. The maximum Gasteiger partial charge on any atom is 0.317 e. The third-order valence-electron chi connectivity index (χ3n) is 4.89. The molecule has 2 aliphatic heterocycles. The Hall–Kier alpha value is -2.25. The number of ether oxygens (including phenoxy) is 2. The summed E-state index contributed by atoms with van der Waals surface area (Å²) in [6.45, 7) is 4.85. The summed E-state index contributed by atoms with van der Waals surface area (Å²) in [6.07, 6.45) is 0. The molecule has 2 aromatic carbocycles. The van der Waals surface area contributed by atoms with Gasteiger partial charge < -0.3 is 19.7 Å². The number of nitrogens with one attached hydrogen (secondary N) is 1. The number of hydrogen-bond donors (Lipinski definition) is 1. The SMILES string of the molecule is O=C(NCc1ccccc1Br)N1CCN(Cc2ccc3c(c2)OCO3)CC1. The first-order valence-corrected chi connectivity index (χ1v) is 9.85. The van der Waals surface area contributed by atoms with Crippen LogP contribution in [0.2, 0.25) is 0 Å². The number of nitrogens with zero attached hydrogens (tertiary/aromatic N) is 2. The van der Waals surface area contributed by atoms with Crippen LogP contribution < -0.4 is 14.8 Å². The summed E-state index contributed by atoms with van der Waals surface area (Å²) < 4.78 is 11.8. The Morgan fingerprint density at radius 3 is 2.63 bits per heavy atom. The van der Waals surface area contributed by atoms with Gasteiger partial charge >= 0.3 is 6.03 Å². The molecule has 27 heavy (non-hydrogen) atoms. The zero-order valence-corrected chi connectivity index (χ0v) is 16.6. The van der Waals surface area contributed by atoms with Crippen molar-refractivity contribution in [2.45, 2.75) is 13.1 Å². The molecule has 0 spiro atoms. The standard InChI is InChI=1S/C20H22BrN3O3/c21-17-4-2-1-3-16(17)12-22-20(25)24-9-7-23(8-10-24)13-15-5-6-18-19(11-15)27-14-26-18/h1-6,11H,7-10,12-14H2,(H,22,25). The van der Waals surface area contributed by atoms with Crippen molar-refractivity contribution in [1.82, 2.24) is 15.1 Å². The van der Waals surface area contributed by atoms with E-state index >= 15 is 0 Å². The maximum absolute atomic E-state index is 12.4. The maximum atomic E-state index is 12.4.